The first-order chi connectivity index (χ1) is 12.9. The maximum absolute atomic E-state index is 13.9. The van der Waals surface area contributed by atoms with Crippen molar-refractivity contribution >= 4 is 27.5 Å². The van der Waals surface area contributed by atoms with Crippen molar-refractivity contribution in [3.05, 3.63) is 64.9 Å². The summed E-state index contributed by atoms with van der Waals surface area (Å²) in [7, 11) is -3.89. The molecule has 0 aromatic heterocycles. The van der Waals surface area contributed by atoms with Gasteiger partial charge in [0.25, 0.3) is 0 Å². The molecule has 0 unspecified atom stereocenters. The highest BCUT2D eigenvalue weighted by atomic mass is 35.5. The first kappa shape index (κ1) is 19.8. The van der Waals surface area contributed by atoms with Crippen LogP contribution in [-0.4, -0.2) is 31.7 Å². The maximum atomic E-state index is 13.9. The zero-order chi connectivity index (χ0) is 19.4. The molecule has 2 aromatic rings. The van der Waals surface area contributed by atoms with Gasteiger partial charge in [0.05, 0.1) is 0 Å². The third-order valence-corrected chi connectivity index (χ3v) is 6.99. The van der Waals surface area contributed by atoms with Gasteiger partial charge in [-0.05, 0) is 36.6 Å². The molecule has 1 saturated heterocycles. The summed E-state index contributed by atoms with van der Waals surface area (Å²) in [5.74, 6) is -1.17. The van der Waals surface area contributed by atoms with E-state index in [-0.39, 0.29) is 29.8 Å². The van der Waals surface area contributed by atoms with Crippen LogP contribution in [0.2, 0.25) is 5.02 Å². The van der Waals surface area contributed by atoms with Crippen LogP contribution in [0, 0.1) is 11.7 Å². The number of nitrogens with zero attached hydrogens (tertiary/aromatic N) is 1. The highest BCUT2D eigenvalue weighted by Crippen LogP contribution is 2.25. The Bertz CT molecular complexity index is 928. The molecule has 144 valence electrons. The Labute approximate surface area is 163 Å². The molecule has 0 radical (unpaired) electrons. The van der Waals surface area contributed by atoms with Gasteiger partial charge in [0.2, 0.25) is 15.9 Å². The molecular formula is C19H20ClFN2O3S. The fraction of sp³-hybridized carbons (Fsp3) is 0.316. The SMILES string of the molecule is O=C(NCc1ccccc1Cl)C1CCN(S(=O)(=O)c2ccccc2F)CC1. The molecule has 1 aliphatic rings. The maximum Gasteiger partial charge on any atom is 0.245 e. The van der Waals surface area contributed by atoms with Gasteiger partial charge in [-0.1, -0.05) is 41.9 Å². The van der Waals surface area contributed by atoms with Crippen LogP contribution in [0.1, 0.15) is 18.4 Å². The zero-order valence-electron chi connectivity index (χ0n) is 14.6. The Hall–Kier alpha value is -1.96. The first-order valence-electron chi connectivity index (χ1n) is 8.65. The molecule has 1 N–H and O–H groups in total. The lowest BCUT2D eigenvalue weighted by molar-refractivity contribution is -0.126. The summed E-state index contributed by atoms with van der Waals surface area (Å²) in [5.41, 5.74) is 0.826. The monoisotopic (exact) mass is 410 g/mol. The molecule has 0 atom stereocenters. The van der Waals surface area contributed by atoms with E-state index in [4.69, 9.17) is 11.6 Å². The predicted molar refractivity (Wildman–Crippen MR) is 101 cm³/mol. The van der Waals surface area contributed by atoms with E-state index in [1.165, 1.54) is 22.5 Å². The smallest absolute Gasteiger partial charge is 0.245 e. The predicted octanol–water partition coefficient (Wildman–Crippen LogP) is 3.20. The van der Waals surface area contributed by atoms with E-state index < -0.39 is 15.8 Å². The second kappa shape index (κ2) is 8.37. The Morgan fingerprint density at radius 2 is 1.74 bits per heavy atom. The average Bonchev–Trinajstić information content (AvgIpc) is 2.67. The average molecular weight is 411 g/mol. The molecule has 0 bridgehead atoms. The quantitative estimate of drug-likeness (QED) is 0.823. The molecule has 1 aliphatic heterocycles. The van der Waals surface area contributed by atoms with Crippen LogP contribution in [0.5, 0.6) is 0 Å². The van der Waals surface area contributed by atoms with Gasteiger partial charge in [0.15, 0.2) is 0 Å². The number of nitrogens with one attached hydrogen (secondary N) is 1. The van der Waals surface area contributed by atoms with Gasteiger partial charge in [-0.2, -0.15) is 4.31 Å². The van der Waals surface area contributed by atoms with Gasteiger partial charge in [0.1, 0.15) is 10.7 Å². The number of amides is 1. The van der Waals surface area contributed by atoms with E-state index in [1.807, 2.05) is 18.2 Å². The number of piperidine rings is 1. The summed E-state index contributed by atoms with van der Waals surface area (Å²) in [6.45, 7) is 0.688. The van der Waals surface area contributed by atoms with Crippen molar-refractivity contribution in [2.75, 3.05) is 13.1 Å². The van der Waals surface area contributed by atoms with Crippen molar-refractivity contribution in [2.45, 2.75) is 24.3 Å². The minimum absolute atomic E-state index is 0.127. The Morgan fingerprint density at radius 1 is 1.11 bits per heavy atom. The first-order valence-corrected chi connectivity index (χ1v) is 10.5. The second-order valence-corrected chi connectivity index (χ2v) is 8.73. The topological polar surface area (TPSA) is 66.5 Å². The van der Waals surface area contributed by atoms with Crippen LogP contribution >= 0.6 is 11.6 Å². The summed E-state index contributed by atoms with van der Waals surface area (Å²) in [6, 6.07) is 12.6. The molecule has 1 heterocycles. The molecule has 0 aliphatic carbocycles. The Kier molecular flexibility index (Phi) is 6.14. The van der Waals surface area contributed by atoms with Gasteiger partial charge < -0.3 is 5.32 Å². The largest absolute Gasteiger partial charge is 0.352 e. The highest BCUT2D eigenvalue weighted by Gasteiger charge is 2.33. The normalized spacial score (nSPS) is 16.2. The third kappa shape index (κ3) is 4.48. The van der Waals surface area contributed by atoms with Gasteiger partial charge in [-0.15, -0.1) is 0 Å². The lowest BCUT2D eigenvalue weighted by atomic mass is 9.97. The fourth-order valence-corrected chi connectivity index (χ4v) is 4.86. The summed E-state index contributed by atoms with van der Waals surface area (Å²) < 4.78 is 40.3. The molecule has 1 amide bonds. The van der Waals surface area contributed by atoms with Crippen LogP contribution in [0.4, 0.5) is 4.39 Å². The summed E-state index contributed by atoms with van der Waals surface area (Å²) in [4.78, 5) is 12.1. The fourth-order valence-electron chi connectivity index (χ4n) is 3.12. The van der Waals surface area contributed by atoms with Gasteiger partial charge >= 0.3 is 0 Å². The van der Waals surface area contributed by atoms with Crippen molar-refractivity contribution in [2.24, 2.45) is 5.92 Å². The molecule has 5 nitrogen and oxygen atoms in total. The zero-order valence-corrected chi connectivity index (χ0v) is 16.1. The molecule has 1 fully saturated rings. The molecular weight excluding hydrogens is 391 g/mol. The molecule has 3 rings (SSSR count). The van der Waals surface area contributed by atoms with Gasteiger partial charge in [-0.3, -0.25) is 4.79 Å². The van der Waals surface area contributed by atoms with E-state index >= 15 is 0 Å². The van der Waals surface area contributed by atoms with Crippen molar-refractivity contribution in [1.82, 2.24) is 9.62 Å². The van der Waals surface area contributed by atoms with E-state index in [9.17, 15) is 17.6 Å². The van der Waals surface area contributed by atoms with Crippen LogP contribution in [0.3, 0.4) is 0 Å². The van der Waals surface area contributed by atoms with Crippen LogP contribution < -0.4 is 5.32 Å². The number of benzene rings is 2. The summed E-state index contributed by atoms with van der Waals surface area (Å²) in [6.07, 6.45) is 0.782. The minimum Gasteiger partial charge on any atom is -0.352 e. The van der Waals surface area contributed by atoms with Crippen LogP contribution in [0.25, 0.3) is 0 Å². The molecule has 0 spiro atoms. The number of sulfonamides is 1. The van der Waals surface area contributed by atoms with Crippen molar-refractivity contribution in [1.29, 1.82) is 0 Å². The van der Waals surface area contributed by atoms with E-state index in [0.29, 0.717) is 24.4 Å². The Morgan fingerprint density at radius 3 is 2.41 bits per heavy atom. The van der Waals surface area contributed by atoms with E-state index in [1.54, 1.807) is 6.07 Å². The van der Waals surface area contributed by atoms with Crippen molar-refractivity contribution < 1.29 is 17.6 Å². The molecule has 2 aromatic carbocycles. The van der Waals surface area contributed by atoms with Gasteiger partial charge in [-0.25, -0.2) is 12.8 Å². The number of hydrogen-bond acceptors (Lipinski definition) is 3. The number of carbonyl (C=O) groups is 1. The summed E-state index contributed by atoms with van der Waals surface area (Å²) >= 11 is 6.08. The second-order valence-electron chi connectivity index (χ2n) is 6.42. The van der Waals surface area contributed by atoms with E-state index in [2.05, 4.69) is 5.32 Å². The molecule has 27 heavy (non-hydrogen) atoms. The molecule has 0 saturated carbocycles. The lowest BCUT2D eigenvalue weighted by Crippen LogP contribution is -2.43. The van der Waals surface area contributed by atoms with Crippen LogP contribution in [0.15, 0.2) is 53.4 Å². The standard InChI is InChI=1S/C19H20ClFN2O3S/c20-16-6-2-1-5-15(16)13-22-19(24)14-9-11-23(12-10-14)27(25,26)18-8-4-3-7-17(18)21/h1-8,14H,9-13H2,(H,22,24). The minimum atomic E-state index is -3.89. The van der Waals surface area contributed by atoms with Crippen molar-refractivity contribution in [3.63, 3.8) is 0 Å². The van der Waals surface area contributed by atoms with E-state index in [0.717, 1.165) is 11.6 Å². The number of hydrogen-bond donors (Lipinski definition) is 1. The lowest BCUT2D eigenvalue weighted by Gasteiger charge is -2.30. The Balaban J connectivity index is 1.58. The highest BCUT2D eigenvalue weighted by molar-refractivity contribution is 7.89. The summed E-state index contributed by atoms with van der Waals surface area (Å²) in [5, 5.41) is 3.44. The number of rotatable bonds is 5. The van der Waals surface area contributed by atoms with Crippen LogP contribution in [-0.2, 0) is 21.4 Å². The number of halogens is 2. The number of carbonyl (C=O) groups excluding carboxylic acids is 1. The van der Waals surface area contributed by atoms with Crippen molar-refractivity contribution in [3.8, 4) is 0 Å². The molecule has 8 heteroatoms. The third-order valence-electron chi connectivity index (χ3n) is 4.69. The van der Waals surface area contributed by atoms with Gasteiger partial charge in [0, 0.05) is 30.6 Å².